The van der Waals surface area contributed by atoms with E-state index in [0.717, 1.165) is 43.1 Å². The van der Waals surface area contributed by atoms with E-state index in [9.17, 15) is 0 Å². The van der Waals surface area contributed by atoms with Crippen LogP contribution in [-0.4, -0.2) is 21.3 Å². The summed E-state index contributed by atoms with van der Waals surface area (Å²) in [6, 6.07) is 0.340. The molecule has 1 aliphatic heterocycles. The summed E-state index contributed by atoms with van der Waals surface area (Å²) in [5.41, 5.74) is 0. The van der Waals surface area contributed by atoms with Gasteiger partial charge < -0.3 is 9.88 Å². The van der Waals surface area contributed by atoms with Gasteiger partial charge in [-0.1, -0.05) is 26.0 Å². The van der Waals surface area contributed by atoms with E-state index < -0.39 is 0 Å². The summed E-state index contributed by atoms with van der Waals surface area (Å²) < 4.78 is 2.35. The summed E-state index contributed by atoms with van der Waals surface area (Å²) >= 11 is 0. The maximum absolute atomic E-state index is 4.49. The maximum atomic E-state index is 4.49. The van der Waals surface area contributed by atoms with Gasteiger partial charge in [-0.2, -0.15) is 0 Å². The van der Waals surface area contributed by atoms with E-state index in [2.05, 4.69) is 46.1 Å². The fourth-order valence-corrected chi connectivity index (χ4v) is 4.44. The molecule has 114 valence electrons. The normalized spacial score (nSPS) is 31.3. The first-order valence-electron chi connectivity index (χ1n) is 8.56. The second-order valence-electron chi connectivity index (χ2n) is 7.40. The van der Waals surface area contributed by atoms with Gasteiger partial charge in [-0.15, -0.1) is 10.2 Å². The van der Waals surface area contributed by atoms with Crippen LogP contribution >= 0.6 is 0 Å². The lowest BCUT2D eigenvalue weighted by Crippen LogP contribution is -2.33. The third-order valence-corrected chi connectivity index (χ3v) is 5.60. The SMILES string of the molecule is CC(C)[C@@H](NC[C@H]1C[C@H]2C=C[C@H]1C2)c1nnc2n1CCC2. The zero-order valence-electron chi connectivity index (χ0n) is 13.1. The van der Waals surface area contributed by atoms with Gasteiger partial charge in [0.25, 0.3) is 0 Å². The lowest BCUT2D eigenvalue weighted by molar-refractivity contribution is 0.328. The van der Waals surface area contributed by atoms with Crippen molar-refractivity contribution >= 4 is 0 Å². The summed E-state index contributed by atoms with van der Waals surface area (Å²) in [5.74, 6) is 5.39. The zero-order valence-corrected chi connectivity index (χ0v) is 13.1. The molecule has 4 heteroatoms. The number of nitrogens with one attached hydrogen (secondary N) is 1. The average Bonchev–Trinajstić information content (AvgIpc) is 3.20. The number of aromatic nitrogens is 3. The highest BCUT2D eigenvalue weighted by atomic mass is 15.3. The second kappa shape index (κ2) is 5.24. The van der Waals surface area contributed by atoms with E-state index in [4.69, 9.17) is 0 Å². The molecule has 1 aromatic heterocycles. The number of rotatable bonds is 5. The number of allylic oxidation sites excluding steroid dienone is 2. The van der Waals surface area contributed by atoms with Gasteiger partial charge in [0.2, 0.25) is 0 Å². The van der Waals surface area contributed by atoms with Gasteiger partial charge in [-0.25, -0.2) is 0 Å². The van der Waals surface area contributed by atoms with Crippen LogP contribution in [0.3, 0.4) is 0 Å². The van der Waals surface area contributed by atoms with Gasteiger partial charge in [0, 0.05) is 13.0 Å². The Balaban J connectivity index is 1.46. The van der Waals surface area contributed by atoms with Crippen molar-refractivity contribution < 1.29 is 0 Å². The number of nitrogens with zero attached hydrogens (tertiary/aromatic N) is 3. The first-order chi connectivity index (χ1) is 10.2. The summed E-state index contributed by atoms with van der Waals surface area (Å²) in [6.07, 6.45) is 9.94. The lowest BCUT2D eigenvalue weighted by Gasteiger charge is -2.26. The van der Waals surface area contributed by atoms with Crippen LogP contribution in [0.4, 0.5) is 0 Å². The van der Waals surface area contributed by atoms with Crippen LogP contribution in [0.2, 0.25) is 0 Å². The number of fused-ring (bicyclic) bond motifs is 3. The van der Waals surface area contributed by atoms with Crippen LogP contribution in [-0.2, 0) is 13.0 Å². The Kier molecular flexibility index (Phi) is 3.37. The molecule has 1 N–H and O–H groups in total. The van der Waals surface area contributed by atoms with E-state index in [1.807, 2.05) is 0 Å². The Morgan fingerprint density at radius 2 is 2.19 bits per heavy atom. The first-order valence-corrected chi connectivity index (χ1v) is 8.56. The third kappa shape index (κ3) is 2.33. The Bertz CT molecular complexity index is 545. The van der Waals surface area contributed by atoms with Crippen molar-refractivity contribution in [2.45, 2.75) is 52.1 Å². The van der Waals surface area contributed by atoms with Crippen LogP contribution < -0.4 is 5.32 Å². The lowest BCUT2D eigenvalue weighted by atomic mass is 9.92. The predicted octanol–water partition coefficient (Wildman–Crippen LogP) is 2.72. The van der Waals surface area contributed by atoms with Gasteiger partial charge in [0.1, 0.15) is 11.6 Å². The Labute approximate surface area is 127 Å². The molecule has 3 aliphatic rings. The summed E-state index contributed by atoms with van der Waals surface area (Å²) in [4.78, 5) is 0. The molecule has 0 aromatic carbocycles. The van der Waals surface area contributed by atoms with Crippen molar-refractivity contribution in [1.82, 2.24) is 20.1 Å². The standard InChI is InChI=1S/C17H26N4/c1-11(2)16(17-20-19-15-4-3-7-21(15)17)18-10-14-9-12-5-6-13(14)8-12/h5-6,11-14,16,18H,3-4,7-10H2,1-2H3/t12-,13-,14+,16+/m0/s1. The molecule has 0 unspecified atom stereocenters. The number of aryl methyl sites for hydroxylation is 1. The van der Waals surface area contributed by atoms with Crippen molar-refractivity contribution in [2.75, 3.05) is 6.54 Å². The summed E-state index contributed by atoms with van der Waals surface area (Å²) in [6.45, 7) is 6.79. The minimum atomic E-state index is 0.340. The Hall–Kier alpha value is -1.16. The van der Waals surface area contributed by atoms with E-state index in [0.29, 0.717) is 12.0 Å². The van der Waals surface area contributed by atoms with Gasteiger partial charge in [0.15, 0.2) is 0 Å². The summed E-state index contributed by atoms with van der Waals surface area (Å²) in [5, 5.41) is 12.7. The molecule has 4 nitrogen and oxygen atoms in total. The molecular weight excluding hydrogens is 260 g/mol. The largest absolute Gasteiger partial charge is 0.314 e. The highest BCUT2D eigenvalue weighted by Crippen LogP contribution is 2.43. The third-order valence-electron chi connectivity index (χ3n) is 5.60. The molecule has 4 atom stereocenters. The molecule has 4 rings (SSSR count). The summed E-state index contributed by atoms with van der Waals surface area (Å²) in [7, 11) is 0. The van der Waals surface area contributed by atoms with Crippen LogP contribution in [0.15, 0.2) is 12.2 Å². The van der Waals surface area contributed by atoms with E-state index in [1.165, 1.54) is 25.1 Å². The number of hydrogen-bond donors (Lipinski definition) is 1. The van der Waals surface area contributed by atoms with Crippen LogP contribution in [0, 0.1) is 23.7 Å². The molecule has 2 aliphatic carbocycles. The van der Waals surface area contributed by atoms with Crippen molar-refractivity contribution in [1.29, 1.82) is 0 Å². The molecule has 0 spiro atoms. The van der Waals surface area contributed by atoms with Gasteiger partial charge in [-0.05, 0) is 49.5 Å². The fourth-order valence-electron chi connectivity index (χ4n) is 4.44. The van der Waals surface area contributed by atoms with Crippen molar-refractivity contribution in [3.05, 3.63) is 23.8 Å². The van der Waals surface area contributed by atoms with Gasteiger partial charge in [0.05, 0.1) is 6.04 Å². The minimum absolute atomic E-state index is 0.340. The van der Waals surface area contributed by atoms with E-state index in [-0.39, 0.29) is 0 Å². The topological polar surface area (TPSA) is 42.7 Å². The Morgan fingerprint density at radius 1 is 1.29 bits per heavy atom. The van der Waals surface area contributed by atoms with Crippen molar-refractivity contribution in [3.8, 4) is 0 Å². The number of hydrogen-bond acceptors (Lipinski definition) is 3. The predicted molar refractivity (Wildman–Crippen MR) is 82.8 cm³/mol. The van der Waals surface area contributed by atoms with Crippen LogP contribution in [0.5, 0.6) is 0 Å². The maximum Gasteiger partial charge on any atom is 0.150 e. The van der Waals surface area contributed by atoms with E-state index in [1.54, 1.807) is 0 Å². The smallest absolute Gasteiger partial charge is 0.150 e. The fraction of sp³-hybridized carbons (Fsp3) is 0.765. The molecule has 1 fully saturated rings. The highest BCUT2D eigenvalue weighted by molar-refractivity contribution is 5.11. The molecule has 2 bridgehead atoms. The molecule has 0 saturated heterocycles. The van der Waals surface area contributed by atoms with Crippen LogP contribution in [0.1, 0.15) is 50.8 Å². The van der Waals surface area contributed by atoms with E-state index >= 15 is 0 Å². The first kappa shape index (κ1) is 13.5. The van der Waals surface area contributed by atoms with Crippen molar-refractivity contribution in [3.63, 3.8) is 0 Å². The van der Waals surface area contributed by atoms with Crippen molar-refractivity contribution in [2.24, 2.45) is 23.7 Å². The molecule has 21 heavy (non-hydrogen) atoms. The Morgan fingerprint density at radius 3 is 2.90 bits per heavy atom. The molecule has 2 heterocycles. The highest BCUT2D eigenvalue weighted by Gasteiger charge is 2.36. The molecular formula is C17H26N4. The minimum Gasteiger partial charge on any atom is -0.314 e. The second-order valence-corrected chi connectivity index (χ2v) is 7.40. The molecule has 0 amide bonds. The van der Waals surface area contributed by atoms with Crippen LogP contribution in [0.25, 0.3) is 0 Å². The molecule has 1 aromatic rings. The molecule has 1 saturated carbocycles. The molecule has 0 radical (unpaired) electrons. The quantitative estimate of drug-likeness (QED) is 0.846. The average molecular weight is 286 g/mol. The monoisotopic (exact) mass is 286 g/mol. The van der Waals surface area contributed by atoms with Gasteiger partial charge >= 0.3 is 0 Å². The van der Waals surface area contributed by atoms with Gasteiger partial charge in [-0.3, -0.25) is 0 Å². The zero-order chi connectivity index (χ0) is 14.4.